The Morgan fingerprint density at radius 1 is 1.04 bits per heavy atom. The predicted molar refractivity (Wildman–Crippen MR) is 195 cm³/mol. The second kappa shape index (κ2) is 18.7. The molecule has 0 spiro atoms. The Hall–Kier alpha value is -4.56. The van der Waals surface area contributed by atoms with Crippen LogP contribution in [0, 0.1) is 16.9 Å². The van der Waals surface area contributed by atoms with Crippen LogP contribution in [0.15, 0.2) is 79.1 Å². The Balaban J connectivity index is 1.38. The van der Waals surface area contributed by atoms with Gasteiger partial charge in [0.05, 0.1) is 12.7 Å². The molecule has 1 saturated heterocycles. The lowest BCUT2D eigenvalue weighted by Crippen LogP contribution is -2.46. The molecular weight excluding hydrogens is 750 g/mol. The normalized spacial score (nSPS) is 17.1. The van der Waals surface area contributed by atoms with E-state index in [0.717, 1.165) is 31.9 Å². The van der Waals surface area contributed by atoms with Crippen LogP contribution in [0.1, 0.15) is 65.0 Å². The minimum absolute atomic E-state index is 0.0137. The zero-order valence-corrected chi connectivity index (χ0v) is 31.3. The standard InChI is InChI=1S/C39H40Cl2F3N3O7/c1-4-46-15-14-23(2)35(22-46)53-38(49)36(27-10-5-6-11-31(27)42)45-19-24-8-7-9-26(16-24)37(48)52-33(18-28-29(40)20-47(50)21-30(28)41)25-12-13-32(54-39(43)44)34(17-25)51-3/h5-13,16-17,20-21,23,33,35-36,39,45H,4,14-15,18-19,22H2,1-3H3/t23?,33-,35-,36?/m0/s1. The van der Waals surface area contributed by atoms with Crippen molar-refractivity contribution < 1.29 is 46.4 Å². The Kier molecular flexibility index (Phi) is 14.0. The van der Waals surface area contributed by atoms with E-state index in [4.69, 9.17) is 37.4 Å². The molecule has 5 rings (SSSR count). The zero-order chi connectivity index (χ0) is 38.9. The summed E-state index contributed by atoms with van der Waals surface area (Å²) in [6.45, 7) is 3.33. The number of nitrogens with zero attached hydrogens (tertiary/aromatic N) is 2. The number of hydrogen-bond donors (Lipinski definition) is 1. The van der Waals surface area contributed by atoms with Crippen molar-refractivity contribution in [1.29, 1.82) is 0 Å². The maximum Gasteiger partial charge on any atom is 0.387 e. The number of likely N-dealkylation sites (tertiary alicyclic amines) is 1. The SMILES string of the molecule is CCN1CCC(C)[C@@H](OC(=O)C(NCc2cccc(C(=O)O[C@@H](Cc3c(Cl)c[n+]([O-])cc3Cl)c3ccc(OC(F)F)c(OC)c3)c2)c2ccccc2F)C1. The van der Waals surface area contributed by atoms with Crippen molar-refractivity contribution in [3.8, 4) is 11.5 Å². The van der Waals surface area contributed by atoms with Crippen molar-refractivity contribution in [1.82, 2.24) is 10.2 Å². The third kappa shape index (κ3) is 10.3. The summed E-state index contributed by atoms with van der Waals surface area (Å²) in [7, 11) is 1.27. The lowest BCUT2D eigenvalue weighted by molar-refractivity contribution is -0.605. The van der Waals surface area contributed by atoms with Gasteiger partial charge in [-0.1, -0.05) is 73.4 Å². The lowest BCUT2D eigenvalue weighted by Gasteiger charge is -2.36. The van der Waals surface area contributed by atoms with E-state index >= 15 is 4.39 Å². The number of nitrogens with one attached hydrogen (secondary N) is 1. The molecule has 2 unspecified atom stereocenters. The number of aromatic nitrogens is 1. The Bertz CT molecular complexity index is 1920. The second-order valence-corrected chi connectivity index (χ2v) is 13.7. The van der Waals surface area contributed by atoms with Crippen molar-refractivity contribution in [2.75, 3.05) is 26.7 Å². The summed E-state index contributed by atoms with van der Waals surface area (Å²) in [6, 6.07) is 15.3. The highest BCUT2D eigenvalue weighted by molar-refractivity contribution is 6.35. The third-order valence-electron chi connectivity index (χ3n) is 9.29. The van der Waals surface area contributed by atoms with E-state index in [9.17, 15) is 23.6 Å². The first kappa shape index (κ1) is 40.6. The molecule has 0 aliphatic carbocycles. The molecule has 1 aliphatic heterocycles. The summed E-state index contributed by atoms with van der Waals surface area (Å²) in [5, 5.41) is 15.0. The van der Waals surface area contributed by atoms with Crippen molar-refractivity contribution in [3.05, 3.63) is 128 Å². The van der Waals surface area contributed by atoms with Gasteiger partial charge >= 0.3 is 18.6 Å². The molecule has 4 aromatic rings. The number of piperidine rings is 1. The molecule has 0 saturated carbocycles. The second-order valence-electron chi connectivity index (χ2n) is 12.8. The molecule has 1 N–H and O–H groups in total. The highest BCUT2D eigenvalue weighted by Crippen LogP contribution is 2.36. The van der Waals surface area contributed by atoms with E-state index in [1.165, 1.54) is 49.6 Å². The number of pyridine rings is 1. The van der Waals surface area contributed by atoms with Gasteiger partial charge < -0.3 is 24.2 Å². The van der Waals surface area contributed by atoms with Gasteiger partial charge in [-0.05, 0) is 66.9 Å². The van der Waals surface area contributed by atoms with Gasteiger partial charge in [0.2, 0.25) is 0 Å². The summed E-state index contributed by atoms with van der Waals surface area (Å²) in [6.07, 6.45) is 1.49. The van der Waals surface area contributed by atoms with Gasteiger partial charge in [0.15, 0.2) is 23.9 Å². The van der Waals surface area contributed by atoms with Crippen LogP contribution in [-0.2, 0) is 27.2 Å². The topological polar surface area (TPSA) is 113 Å². The molecule has 1 aromatic heterocycles. The van der Waals surface area contributed by atoms with Crippen molar-refractivity contribution in [2.24, 2.45) is 5.92 Å². The number of hydrogen-bond acceptors (Lipinski definition) is 9. The molecule has 0 bridgehead atoms. The van der Waals surface area contributed by atoms with Gasteiger partial charge in [0, 0.05) is 30.6 Å². The smallest absolute Gasteiger partial charge is 0.387 e. The van der Waals surface area contributed by atoms with Gasteiger partial charge in [0.1, 0.15) is 34.1 Å². The number of benzene rings is 3. The van der Waals surface area contributed by atoms with E-state index in [0.29, 0.717) is 28.0 Å². The molecule has 15 heteroatoms. The third-order valence-corrected chi connectivity index (χ3v) is 9.94. The molecule has 10 nitrogen and oxygen atoms in total. The molecule has 2 heterocycles. The van der Waals surface area contributed by atoms with E-state index in [1.807, 2.05) is 13.8 Å². The van der Waals surface area contributed by atoms with Crippen molar-refractivity contribution >= 4 is 35.1 Å². The molecule has 3 aromatic carbocycles. The summed E-state index contributed by atoms with van der Waals surface area (Å²) in [5.41, 5.74) is 1.45. The number of ether oxygens (including phenoxy) is 4. The Morgan fingerprint density at radius 2 is 1.78 bits per heavy atom. The summed E-state index contributed by atoms with van der Waals surface area (Å²) in [4.78, 5) is 29.6. The minimum Gasteiger partial charge on any atom is -0.619 e. The van der Waals surface area contributed by atoms with E-state index in [-0.39, 0.29) is 57.7 Å². The van der Waals surface area contributed by atoms with E-state index < -0.39 is 36.5 Å². The first-order chi connectivity index (χ1) is 25.9. The van der Waals surface area contributed by atoms with E-state index in [2.05, 4.69) is 15.0 Å². The van der Waals surface area contributed by atoms with Crippen LogP contribution in [0.3, 0.4) is 0 Å². The average molecular weight is 791 g/mol. The predicted octanol–water partition coefficient (Wildman–Crippen LogP) is 7.62. The van der Waals surface area contributed by atoms with Crippen molar-refractivity contribution in [3.63, 3.8) is 0 Å². The van der Waals surface area contributed by atoms with Crippen LogP contribution in [0.2, 0.25) is 10.0 Å². The maximum absolute atomic E-state index is 15.1. The Labute approximate surface area is 321 Å². The number of alkyl halides is 2. The molecule has 54 heavy (non-hydrogen) atoms. The highest BCUT2D eigenvalue weighted by Gasteiger charge is 2.33. The largest absolute Gasteiger partial charge is 0.619 e. The van der Waals surface area contributed by atoms with Gasteiger partial charge in [-0.2, -0.15) is 13.5 Å². The first-order valence-electron chi connectivity index (χ1n) is 17.3. The quantitative estimate of drug-likeness (QED) is 0.0739. The molecule has 4 atom stereocenters. The molecular formula is C39H40Cl2F3N3O7. The van der Waals surface area contributed by atoms with Crippen LogP contribution in [-0.4, -0.2) is 56.3 Å². The molecule has 0 amide bonds. The number of halogens is 5. The van der Waals surface area contributed by atoms with E-state index in [1.54, 1.807) is 24.3 Å². The minimum atomic E-state index is -3.11. The number of carbonyl (C=O) groups excluding carboxylic acids is 2. The fourth-order valence-corrected chi connectivity index (χ4v) is 6.83. The fourth-order valence-electron chi connectivity index (χ4n) is 6.23. The average Bonchev–Trinajstić information content (AvgIpc) is 3.14. The van der Waals surface area contributed by atoms with Crippen LogP contribution < -0.4 is 19.5 Å². The summed E-state index contributed by atoms with van der Waals surface area (Å²) >= 11 is 12.7. The number of rotatable bonds is 15. The molecule has 1 fully saturated rings. The van der Waals surface area contributed by atoms with Gasteiger partial charge in [-0.25, -0.2) is 14.0 Å². The maximum atomic E-state index is 15.1. The molecule has 1 aliphatic rings. The van der Waals surface area contributed by atoms with Gasteiger partial charge in [-0.15, -0.1) is 0 Å². The van der Waals surface area contributed by atoms with Gasteiger partial charge in [0.25, 0.3) is 0 Å². The number of esters is 2. The monoisotopic (exact) mass is 789 g/mol. The van der Waals surface area contributed by atoms with Crippen LogP contribution in [0.25, 0.3) is 0 Å². The number of methoxy groups -OCH3 is 1. The lowest BCUT2D eigenvalue weighted by atomic mass is 9.95. The fraction of sp³-hybridized carbons (Fsp3) is 0.359. The number of carbonyl (C=O) groups is 2. The first-order valence-corrected chi connectivity index (χ1v) is 18.0. The summed E-state index contributed by atoms with van der Waals surface area (Å²) in [5.74, 6) is -2.11. The summed E-state index contributed by atoms with van der Waals surface area (Å²) < 4.78 is 63.3. The number of likely N-dealkylation sites (N-methyl/N-ethyl adjacent to an activating group) is 1. The van der Waals surface area contributed by atoms with Crippen LogP contribution in [0.5, 0.6) is 11.5 Å². The highest BCUT2D eigenvalue weighted by atomic mass is 35.5. The van der Waals surface area contributed by atoms with Crippen LogP contribution in [0.4, 0.5) is 13.2 Å². The van der Waals surface area contributed by atoms with Crippen LogP contribution >= 0.6 is 23.2 Å². The van der Waals surface area contributed by atoms with Gasteiger partial charge in [-0.3, -0.25) is 10.2 Å². The molecule has 288 valence electrons. The zero-order valence-electron chi connectivity index (χ0n) is 29.8. The molecule has 0 radical (unpaired) electrons. The van der Waals surface area contributed by atoms with Crippen molar-refractivity contribution in [2.45, 2.75) is 58.1 Å². The Morgan fingerprint density at radius 3 is 2.46 bits per heavy atom.